The van der Waals surface area contributed by atoms with Crippen molar-refractivity contribution >= 4 is 19.8 Å². The Labute approximate surface area is 141 Å². The zero-order valence-electron chi connectivity index (χ0n) is 14.0. The Balaban J connectivity index is 2.92. The van der Waals surface area contributed by atoms with Crippen LogP contribution in [-0.4, -0.2) is 43.6 Å². The van der Waals surface area contributed by atoms with Crippen molar-refractivity contribution in [3.8, 4) is 0 Å². The van der Waals surface area contributed by atoms with E-state index in [1.54, 1.807) is 38.1 Å². The van der Waals surface area contributed by atoms with E-state index in [0.717, 1.165) is 12.7 Å². The summed E-state index contributed by atoms with van der Waals surface area (Å²) in [6.45, 7) is 2.59. The highest BCUT2D eigenvalue weighted by molar-refractivity contribution is 7.52. The SMILES string of the molecule is CCOP(=O)(OCC)N(CC(=O)OC)C(=O)OCc1ccccc1. The fraction of sp³-hybridized carbons (Fsp3) is 0.467. The summed E-state index contributed by atoms with van der Waals surface area (Å²) < 4.78 is 33.3. The maximum Gasteiger partial charge on any atom is 0.440 e. The van der Waals surface area contributed by atoms with Gasteiger partial charge in [-0.25, -0.2) is 14.0 Å². The maximum absolute atomic E-state index is 12.8. The molecule has 1 rings (SSSR count). The Morgan fingerprint density at radius 3 is 2.17 bits per heavy atom. The minimum atomic E-state index is -4.02. The zero-order chi connectivity index (χ0) is 18.0. The molecule has 0 aromatic heterocycles. The molecule has 1 amide bonds. The Morgan fingerprint density at radius 2 is 1.67 bits per heavy atom. The lowest BCUT2D eigenvalue weighted by Gasteiger charge is -2.27. The first kappa shape index (κ1) is 20.2. The first-order valence-electron chi connectivity index (χ1n) is 7.41. The van der Waals surface area contributed by atoms with Crippen molar-refractivity contribution < 1.29 is 32.7 Å². The fourth-order valence-corrected chi connectivity index (χ4v) is 3.29. The van der Waals surface area contributed by atoms with Crippen LogP contribution in [0.2, 0.25) is 0 Å². The van der Waals surface area contributed by atoms with E-state index in [0.29, 0.717) is 4.67 Å². The number of carbonyl (C=O) groups excluding carboxylic acids is 2. The second kappa shape index (κ2) is 10.1. The average molecular weight is 359 g/mol. The molecule has 0 aliphatic heterocycles. The quantitative estimate of drug-likeness (QED) is 0.494. The molecule has 0 aliphatic carbocycles. The van der Waals surface area contributed by atoms with Crippen LogP contribution in [0, 0.1) is 0 Å². The van der Waals surface area contributed by atoms with E-state index < -0.39 is 26.4 Å². The predicted molar refractivity (Wildman–Crippen MR) is 86.2 cm³/mol. The van der Waals surface area contributed by atoms with Gasteiger partial charge < -0.3 is 9.47 Å². The van der Waals surface area contributed by atoms with Gasteiger partial charge in [0.05, 0.1) is 20.3 Å². The number of esters is 1. The number of hydrogen-bond acceptors (Lipinski definition) is 7. The average Bonchev–Trinajstić information content (AvgIpc) is 2.58. The number of benzene rings is 1. The first-order valence-corrected chi connectivity index (χ1v) is 8.91. The van der Waals surface area contributed by atoms with Crippen LogP contribution in [0.4, 0.5) is 4.79 Å². The largest absolute Gasteiger partial charge is 0.468 e. The smallest absolute Gasteiger partial charge is 0.440 e. The van der Waals surface area contributed by atoms with Crippen LogP contribution in [-0.2, 0) is 34.5 Å². The molecule has 0 fully saturated rings. The highest BCUT2D eigenvalue weighted by Gasteiger charge is 2.40. The topological polar surface area (TPSA) is 91.4 Å². The van der Waals surface area contributed by atoms with Crippen LogP contribution >= 0.6 is 7.75 Å². The molecule has 0 saturated carbocycles. The number of methoxy groups -OCH3 is 1. The van der Waals surface area contributed by atoms with E-state index in [4.69, 9.17) is 13.8 Å². The van der Waals surface area contributed by atoms with Crippen molar-refractivity contribution in [2.75, 3.05) is 26.9 Å². The van der Waals surface area contributed by atoms with Crippen LogP contribution in [0.15, 0.2) is 30.3 Å². The Morgan fingerprint density at radius 1 is 1.08 bits per heavy atom. The summed E-state index contributed by atoms with van der Waals surface area (Å²) >= 11 is 0. The van der Waals surface area contributed by atoms with Gasteiger partial charge in [-0.3, -0.25) is 13.8 Å². The summed E-state index contributed by atoms with van der Waals surface area (Å²) in [5, 5.41) is 0. The normalized spacial score (nSPS) is 11.0. The third kappa shape index (κ3) is 5.96. The number of carbonyl (C=O) groups is 2. The van der Waals surface area contributed by atoms with E-state index in [9.17, 15) is 14.2 Å². The molecule has 0 unspecified atom stereocenters. The molecule has 0 bridgehead atoms. The molecule has 8 nitrogen and oxygen atoms in total. The lowest BCUT2D eigenvalue weighted by Crippen LogP contribution is -2.35. The highest BCUT2D eigenvalue weighted by Crippen LogP contribution is 2.52. The van der Waals surface area contributed by atoms with Gasteiger partial charge in [-0.2, -0.15) is 0 Å². The van der Waals surface area contributed by atoms with Gasteiger partial charge in [-0.1, -0.05) is 30.3 Å². The van der Waals surface area contributed by atoms with E-state index in [1.807, 2.05) is 6.07 Å². The molecule has 134 valence electrons. The van der Waals surface area contributed by atoms with Gasteiger partial charge in [-0.05, 0) is 19.4 Å². The molecular formula is C15H22NO7P. The van der Waals surface area contributed by atoms with E-state index in [2.05, 4.69) is 4.74 Å². The molecule has 24 heavy (non-hydrogen) atoms. The standard InChI is InChI=1S/C15H22NO7P/c1-4-22-24(19,23-5-2)16(11-14(17)20-3)15(18)21-12-13-9-7-6-8-10-13/h6-10H,4-5,11-12H2,1-3H3. The van der Waals surface area contributed by atoms with Crippen LogP contribution < -0.4 is 0 Å². The summed E-state index contributed by atoms with van der Waals surface area (Å²) in [5.41, 5.74) is 0.742. The van der Waals surface area contributed by atoms with Crippen molar-refractivity contribution in [1.82, 2.24) is 4.67 Å². The second-order valence-electron chi connectivity index (χ2n) is 4.48. The Bertz CT molecular complexity index is 568. The van der Waals surface area contributed by atoms with Crippen molar-refractivity contribution in [3.05, 3.63) is 35.9 Å². The number of nitrogens with zero attached hydrogens (tertiary/aromatic N) is 1. The fourth-order valence-electron chi connectivity index (χ4n) is 1.73. The summed E-state index contributed by atoms with van der Waals surface area (Å²) in [4.78, 5) is 23.9. The third-order valence-electron chi connectivity index (χ3n) is 2.80. The lowest BCUT2D eigenvalue weighted by molar-refractivity contribution is -0.140. The minimum Gasteiger partial charge on any atom is -0.468 e. The highest BCUT2D eigenvalue weighted by atomic mass is 31.2. The number of rotatable bonds is 9. The van der Waals surface area contributed by atoms with Crippen LogP contribution in [0.1, 0.15) is 19.4 Å². The van der Waals surface area contributed by atoms with Gasteiger partial charge in [0.15, 0.2) is 0 Å². The molecule has 0 spiro atoms. The molecule has 1 aromatic rings. The van der Waals surface area contributed by atoms with Gasteiger partial charge in [0.25, 0.3) is 0 Å². The first-order chi connectivity index (χ1) is 11.5. The molecule has 0 aliphatic rings. The van der Waals surface area contributed by atoms with Gasteiger partial charge in [0.2, 0.25) is 0 Å². The summed E-state index contributed by atoms with van der Waals surface area (Å²) in [5.74, 6) is -0.772. The Kier molecular flexibility index (Phi) is 8.46. The summed E-state index contributed by atoms with van der Waals surface area (Å²) in [7, 11) is -2.86. The van der Waals surface area contributed by atoms with Crippen LogP contribution in [0.3, 0.4) is 0 Å². The van der Waals surface area contributed by atoms with Crippen molar-refractivity contribution in [1.29, 1.82) is 0 Å². The maximum atomic E-state index is 12.8. The van der Waals surface area contributed by atoms with Gasteiger partial charge in [-0.15, -0.1) is 0 Å². The van der Waals surface area contributed by atoms with Gasteiger partial charge >= 0.3 is 19.8 Å². The molecule has 0 N–H and O–H groups in total. The zero-order valence-corrected chi connectivity index (χ0v) is 14.9. The molecular weight excluding hydrogens is 337 g/mol. The third-order valence-corrected chi connectivity index (χ3v) is 4.87. The number of ether oxygens (including phenoxy) is 2. The van der Waals surface area contributed by atoms with Crippen LogP contribution in [0.5, 0.6) is 0 Å². The summed E-state index contributed by atoms with van der Waals surface area (Å²) in [6, 6.07) is 8.94. The number of amides is 1. The second-order valence-corrected chi connectivity index (χ2v) is 6.41. The lowest BCUT2D eigenvalue weighted by atomic mass is 10.2. The molecule has 0 atom stereocenters. The van der Waals surface area contributed by atoms with Crippen molar-refractivity contribution in [2.24, 2.45) is 0 Å². The van der Waals surface area contributed by atoms with E-state index in [1.165, 1.54) is 0 Å². The van der Waals surface area contributed by atoms with Gasteiger partial charge in [0.1, 0.15) is 13.2 Å². The summed E-state index contributed by atoms with van der Waals surface area (Å²) in [6.07, 6.45) is -0.991. The molecule has 1 aromatic carbocycles. The Hall–Kier alpha value is -1.89. The van der Waals surface area contributed by atoms with Crippen molar-refractivity contribution in [3.63, 3.8) is 0 Å². The monoisotopic (exact) mass is 359 g/mol. The molecule has 9 heteroatoms. The van der Waals surface area contributed by atoms with E-state index >= 15 is 0 Å². The number of hydrogen-bond donors (Lipinski definition) is 0. The van der Waals surface area contributed by atoms with E-state index in [-0.39, 0.29) is 19.8 Å². The van der Waals surface area contributed by atoms with Gasteiger partial charge in [0, 0.05) is 0 Å². The molecule has 0 heterocycles. The molecule has 0 radical (unpaired) electrons. The molecule has 0 saturated heterocycles. The predicted octanol–water partition coefficient (Wildman–Crippen LogP) is 2.98. The van der Waals surface area contributed by atoms with Crippen molar-refractivity contribution in [2.45, 2.75) is 20.5 Å². The minimum absolute atomic E-state index is 0.0287. The van der Waals surface area contributed by atoms with Crippen LogP contribution in [0.25, 0.3) is 0 Å².